The van der Waals surface area contributed by atoms with Crippen LogP contribution in [0.3, 0.4) is 0 Å². The van der Waals surface area contributed by atoms with Gasteiger partial charge in [0.05, 0.1) is 25.7 Å². The van der Waals surface area contributed by atoms with Crippen LogP contribution in [0, 0.1) is 0 Å². The number of carbonyl (C=O) groups is 1. The third-order valence-corrected chi connectivity index (χ3v) is 3.26. The zero-order chi connectivity index (χ0) is 16.7. The first-order chi connectivity index (χ1) is 11.1. The zero-order valence-corrected chi connectivity index (χ0v) is 14.0. The Morgan fingerprint density at radius 2 is 2.00 bits per heavy atom. The second-order valence-corrected chi connectivity index (χ2v) is 5.59. The molecule has 0 atom stereocenters. The fourth-order valence-corrected chi connectivity index (χ4v) is 2.29. The van der Waals surface area contributed by atoms with Crippen molar-refractivity contribution in [1.29, 1.82) is 0 Å². The lowest BCUT2D eigenvalue weighted by atomic mass is 10.2. The summed E-state index contributed by atoms with van der Waals surface area (Å²) < 4.78 is 12.6. The summed E-state index contributed by atoms with van der Waals surface area (Å²) in [7, 11) is 0. The summed E-state index contributed by atoms with van der Waals surface area (Å²) in [6.07, 6.45) is 0.989. The third kappa shape index (κ3) is 5.43. The predicted octanol–water partition coefficient (Wildman–Crippen LogP) is 3.21. The molecule has 0 fully saturated rings. The van der Waals surface area contributed by atoms with E-state index >= 15 is 0 Å². The normalized spacial score (nSPS) is 10.8. The number of aryl methyl sites for hydroxylation is 1. The molecule has 23 heavy (non-hydrogen) atoms. The summed E-state index contributed by atoms with van der Waals surface area (Å²) in [6.45, 7) is 6.80. The Balaban J connectivity index is 2.13. The minimum atomic E-state index is -0.189. The number of esters is 1. The number of hydrogen-bond acceptors (Lipinski definition) is 4. The van der Waals surface area contributed by atoms with Gasteiger partial charge in [-0.25, -0.2) is 0 Å². The van der Waals surface area contributed by atoms with Gasteiger partial charge in [-0.2, -0.15) is 0 Å². The maximum atomic E-state index is 11.6. The lowest BCUT2D eigenvalue weighted by Crippen LogP contribution is -2.10. The molecule has 1 aromatic carbocycles. The first-order valence-electron chi connectivity index (χ1n) is 8.01. The van der Waals surface area contributed by atoms with Gasteiger partial charge in [0.2, 0.25) is 5.88 Å². The molecule has 1 aromatic heterocycles. The van der Waals surface area contributed by atoms with Gasteiger partial charge < -0.3 is 9.47 Å². The minimum absolute atomic E-state index is 0.0629. The monoisotopic (exact) mass is 316 g/mol. The maximum Gasteiger partial charge on any atom is 0.306 e. The van der Waals surface area contributed by atoms with Crippen molar-refractivity contribution in [3.8, 4) is 5.88 Å². The van der Waals surface area contributed by atoms with Crippen molar-refractivity contribution in [2.75, 3.05) is 6.61 Å². The van der Waals surface area contributed by atoms with Gasteiger partial charge in [-0.05, 0) is 32.8 Å². The molecule has 0 spiro atoms. The van der Waals surface area contributed by atoms with Crippen LogP contribution in [0.2, 0.25) is 0 Å². The molecule has 0 saturated heterocycles. The molecule has 5 nitrogen and oxygen atoms in total. The fourth-order valence-electron chi connectivity index (χ4n) is 2.29. The molecular weight excluding hydrogens is 292 g/mol. The highest BCUT2D eigenvalue weighted by Crippen LogP contribution is 2.17. The largest absolute Gasteiger partial charge is 0.474 e. The minimum Gasteiger partial charge on any atom is -0.474 e. The number of rotatable bonds is 8. The highest BCUT2D eigenvalue weighted by molar-refractivity contribution is 5.69. The first-order valence-corrected chi connectivity index (χ1v) is 8.01. The Kier molecular flexibility index (Phi) is 6.20. The van der Waals surface area contributed by atoms with Crippen LogP contribution in [-0.4, -0.2) is 28.5 Å². The van der Waals surface area contributed by atoms with E-state index in [0.29, 0.717) is 31.9 Å². The van der Waals surface area contributed by atoms with Gasteiger partial charge in [0.1, 0.15) is 0 Å². The van der Waals surface area contributed by atoms with Crippen LogP contribution >= 0.6 is 0 Å². The van der Waals surface area contributed by atoms with Crippen molar-refractivity contribution in [3.05, 3.63) is 47.7 Å². The van der Waals surface area contributed by atoms with Crippen molar-refractivity contribution in [2.24, 2.45) is 0 Å². The summed E-state index contributed by atoms with van der Waals surface area (Å²) in [6, 6.07) is 12.0. The second kappa shape index (κ2) is 8.36. The summed E-state index contributed by atoms with van der Waals surface area (Å²) in [5, 5.41) is 4.51. The summed E-state index contributed by atoms with van der Waals surface area (Å²) in [4.78, 5) is 11.6. The van der Waals surface area contributed by atoms with Gasteiger partial charge in [-0.3, -0.25) is 9.48 Å². The summed E-state index contributed by atoms with van der Waals surface area (Å²) >= 11 is 0. The zero-order valence-electron chi connectivity index (χ0n) is 14.0. The molecule has 0 N–H and O–H groups in total. The van der Waals surface area contributed by atoms with Gasteiger partial charge in [0, 0.05) is 11.8 Å². The predicted molar refractivity (Wildman–Crippen MR) is 88.5 cm³/mol. The molecule has 0 bridgehead atoms. The van der Waals surface area contributed by atoms with Gasteiger partial charge in [-0.15, -0.1) is 5.10 Å². The highest BCUT2D eigenvalue weighted by atomic mass is 16.5. The molecule has 0 radical (unpaired) electrons. The third-order valence-electron chi connectivity index (χ3n) is 3.26. The average Bonchev–Trinajstić information content (AvgIpc) is 2.87. The molecule has 0 aliphatic heterocycles. The molecule has 1 heterocycles. The lowest BCUT2D eigenvalue weighted by Gasteiger charge is -2.07. The Hall–Kier alpha value is -2.30. The molecule has 0 unspecified atom stereocenters. The Morgan fingerprint density at radius 1 is 1.26 bits per heavy atom. The average molecular weight is 316 g/mol. The maximum absolute atomic E-state index is 11.6. The number of nitrogens with zero attached hydrogens (tertiary/aromatic N) is 2. The van der Waals surface area contributed by atoms with Crippen molar-refractivity contribution < 1.29 is 14.3 Å². The number of aromatic nitrogens is 2. The number of ether oxygens (including phenoxy) is 2. The van der Waals surface area contributed by atoms with Gasteiger partial charge in [0.25, 0.3) is 0 Å². The molecule has 2 aromatic rings. The first kappa shape index (κ1) is 17.1. The molecule has 0 amide bonds. The molecule has 2 rings (SSSR count). The van der Waals surface area contributed by atoms with Crippen molar-refractivity contribution in [1.82, 2.24) is 9.78 Å². The van der Waals surface area contributed by atoms with Gasteiger partial charge in [0.15, 0.2) is 0 Å². The van der Waals surface area contributed by atoms with E-state index in [1.54, 1.807) is 0 Å². The second-order valence-electron chi connectivity index (χ2n) is 5.59. The van der Waals surface area contributed by atoms with Crippen LogP contribution < -0.4 is 4.74 Å². The summed E-state index contributed by atoms with van der Waals surface area (Å²) in [5.74, 6) is 0.404. The topological polar surface area (TPSA) is 53.4 Å². The van der Waals surface area contributed by atoms with E-state index in [4.69, 9.17) is 9.47 Å². The smallest absolute Gasteiger partial charge is 0.306 e. The van der Waals surface area contributed by atoms with Crippen molar-refractivity contribution in [2.45, 2.75) is 46.3 Å². The van der Waals surface area contributed by atoms with E-state index in [9.17, 15) is 4.79 Å². The van der Waals surface area contributed by atoms with Crippen LogP contribution in [0.15, 0.2) is 36.4 Å². The molecule has 124 valence electrons. The van der Waals surface area contributed by atoms with E-state index in [1.165, 1.54) is 0 Å². The van der Waals surface area contributed by atoms with E-state index in [1.807, 2.05) is 49.7 Å². The van der Waals surface area contributed by atoms with E-state index in [0.717, 1.165) is 11.3 Å². The number of carbonyl (C=O) groups excluding carboxylic acids is 1. The number of hydrogen-bond donors (Lipinski definition) is 0. The lowest BCUT2D eigenvalue weighted by molar-refractivity contribution is -0.143. The highest BCUT2D eigenvalue weighted by Gasteiger charge is 2.12. The molecular formula is C18H24N2O3. The van der Waals surface area contributed by atoms with Crippen molar-refractivity contribution >= 4 is 5.97 Å². The quantitative estimate of drug-likeness (QED) is 0.702. The number of benzene rings is 1. The van der Waals surface area contributed by atoms with Gasteiger partial charge >= 0.3 is 5.97 Å². The Labute approximate surface area is 137 Å². The van der Waals surface area contributed by atoms with Gasteiger partial charge in [-0.1, -0.05) is 30.3 Å². The van der Waals surface area contributed by atoms with Crippen LogP contribution in [0.25, 0.3) is 0 Å². The molecule has 0 aliphatic rings. The molecule has 0 aliphatic carbocycles. The fraction of sp³-hybridized carbons (Fsp3) is 0.444. The van der Waals surface area contributed by atoms with Crippen LogP contribution in [0.4, 0.5) is 0 Å². The standard InChI is InChI=1S/C18H24N2O3/c1-4-22-18(21)11-10-16-12-17(23-14(2)3)19-20(16)13-15-8-6-5-7-9-15/h5-9,12,14H,4,10-11,13H2,1-3H3. The van der Waals surface area contributed by atoms with E-state index in [2.05, 4.69) is 17.2 Å². The Bertz CT molecular complexity index is 620. The van der Waals surface area contributed by atoms with Crippen LogP contribution in [0.1, 0.15) is 38.4 Å². The van der Waals surface area contributed by atoms with Crippen LogP contribution in [-0.2, 0) is 22.5 Å². The Morgan fingerprint density at radius 3 is 2.65 bits per heavy atom. The van der Waals surface area contributed by atoms with E-state index < -0.39 is 0 Å². The summed E-state index contributed by atoms with van der Waals surface area (Å²) in [5.41, 5.74) is 2.13. The van der Waals surface area contributed by atoms with Crippen molar-refractivity contribution in [3.63, 3.8) is 0 Å². The molecule has 5 heteroatoms. The SMILES string of the molecule is CCOC(=O)CCc1cc(OC(C)C)nn1Cc1ccccc1. The van der Waals surface area contributed by atoms with Crippen LogP contribution in [0.5, 0.6) is 5.88 Å². The van der Waals surface area contributed by atoms with E-state index in [-0.39, 0.29) is 12.1 Å². The molecule has 0 saturated carbocycles.